The molecule has 220 valence electrons. The van der Waals surface area contributed by atoms with Crippen LogP contribution in [0.4, 0.5) is 4.79 Å². The summed E-state index contributed by atoms with van der Waals surface area (Å²) in [6, 6.07) is 3.99. The van der Waals surface area contributed by atoms with E-state index in [9.17, 15) is 19.8 Å². The minimum Gasteiger partial charge on any atom is -0.507 e. The summed E-state index contributed by atoms with van der Waals surface area (Å²) in [5.41, 5.74) is -0.933. The summed E-state index contributed by atoms with van der Waals surface area (Å²) >= 11 is 0. The molecule has 3 rings (SSSR count). The Hall–Kier alpha value is -2.32. The van der Waals surface area contributed by atoms with Crippen LogP contribution in [0.15, 0.2) is 12.1 Å². The van der Waals surface area contributed by atoms with Crippen molar-refractivity contribution in [1.29, 1.82) is 0 Å². The second kappa shape index (κ2) is 9.95. The predicted octanol–water partition coefficient (Wildman–Crippen LogP) is 4.88. The van der Waals surface area contributed by atoms with Crippen molar-refractivity contribution in [1.82, 2.24) is 15.5 Å². The Morgan fingerprint density at radius 1 is 1.00 bits per heavy atom. The molecule has 2 fully saturated rings. The van der Waals surface area contributed by atoms with Crippen molar-refractivity contribution in [3.05, 3.63) is 28.8 Å². The van der Waals surface area contributed by atoms with Gasteiger partial charge >= 0.3 is 6.09 Å². The molecule has 2 aliphatic heterocycles. The highest BCUT2D eigenvalue weighted by Crippen LogP contribution is 2.50. The molecule has 2 heterocycles. The van der Waals surface area contributed by atoms with Crippen LogP contribution in [0.1, 0.15) is 112 Å². The monoisotopic (exact) mass is 545 g/mol. The van der Waals surface area contributed by atoms with Crippen LogP contribution in [-0.4, -0.2) is 62.6 Å². The first-order chi connectivity index (χ1) is 17.5. The van der Waals surface area contributed by atoms with Crippen LogP contribution < -0.4 is 10.6 Å². The third kappa shape index (κ3) is 6.54. The topological polar surface area (TPSA) is 111 Å². The number of phenols is 1. The molecule has 0 unspecified atom stereocenters. The van der Waals surface area contributed by atoms with Crippen molar-refractivity contribution in [3.8, 4) is 5.75 Å². The van der Waals surface area contributed by atoms with Gasteiger partial charge in [-0.15, -0.1) is 0 Å². The van der Waals surface area contributed by atoms with E-state index in [4.69, 9.17) is 4.74 Å². The number of benzene rings is 1. The van der Waals surface area contributed by atoms with Gasteiger partial charge in [-0.1, -0.05) is 53.7 Å². The zero-order valence-electron chi connectivity index (χ0n) is 26.0. The van der Waals surface area contributed by atoms with Gasteiger partial charge in [-0.3, -0.25) is 9.69 Å². The molecule has 8 nitrogen and oxygen atoms in total. The minimum atomic E-state index is -1.51. The maximum Gasteiger partial charge on any atom is 0.412 e. The van der Waals surface area contributed by atoms with Crippen LogP contribution in [0.2, 0.25) is 0 Å². The molecule has 1 aromatic rings. The Bertz CT molecular complexity index is 1060. The lowest BCUT2D eigenvalue weighted by atomic mass is 9.68. The van der Waals surface area contributed by atoms with Crippen molar-refractivity contribution in [2.75, 3.05) is 13.1 Å². The van der Waals surface area contributed by atoms with Gasteiger partial charge in [-0.2, -0.15) is 0 Å². The first kappa shape index (κ1) is 31.2. The molecule has 0 bridgehead atoms. The molecule has 4 N–H and O–H groups in total. The Morgan fingerprint density at radius 2 is 1.49 bits per heavy atom. The standard InChI is InChI=1S/C31H51N3O5/c1-26(2,3)21-16-20(17-22(24(21)36)27(4,5)6)12-13-23(35)32-14-15-34-25(37)39-31(30(34,11)38)18-28(7,8)33-29(9,10)19-31/h16-17,33,36,38H,12-15,18-19H2,1-11H3,(H,32,35)/t30-/m0/s1. The Balaban J connectivity index is 1.65. The number of rotatable bonds is 6. The number of aliphatic hydroxyl groups is 1. The fourth-order valence-electron chi connectivity index (χ4n) is 6.59. The number of nitrogens with one attached hydrogen (secondary N) is 2. The maximum atomic E-state index is 12.9. The molecule has 1 atom stereocenters. The van der Waals surface area contributed by atoms with E-state index in [0.717, 1.165) is 16.7 Å². The second-order valence-electron chi connectivity index (χ2n) is 15.2. The fourth-order valence-corrected chi connectivity index (χ4v) is 6.59. The number of hydrogen-bond acceptors (Lipinski definition) is 6. The summed E-state index contributed by atoms with van der Waals surface area (Å²) < 4.78 is 5.90. The molecule has 1 spiro atoms. The van der Waals surface area contributed by atoms with Gasteiger partial charge in [0.2, 0.25) is 5.91 Å². The van der Waals surface area contributed by atoms with Crippen LogP contribution in [-0.2, 0) is 26.8 Å². The average Bonchev–Trinajstić information content (AvgIpc) is 2.87. The number of amides is 2. The van der Waals surface area contributed by atoms with Crippen molar-refractivity contribution in [2.24, 2.45) is 0 Å². The van der Waals surface area contributed by atoms with Crippen molar-refractivity contribution in [3.63, 3.8) is 0 Å². The van der Waals surface area contributed by atoms with E-state index in [1.54, 1.807) is 6.92 Å². The maximum absolute atomic E-state index is 12.9. The molecule has 39 heavy (non-hydrogen) atoms. The summed E-state index contributed by atoms with van der Waals surface area (Å²) in [6.07, 6.45) is 1.20. The molecule has 0 saturated carbocycles. The number of carbonyl (C=O) groups is 2. The number of carbonyl (C=O) groups excluding carboxylic acids is 2. The first-order valence-electron chi connectivity index (χ1n) is 14.2. The zero-order valence-corrected chi connectivity index (χ0v) is 26.0. The SMILES string of the molecule is CC1(C)CC2(CC(C)(C)N1)OC(=O)N(CCNC(=O)CCc1cc(C(C)(C)C)c(O)c(C(C)(C)C)c1)[C@@]2(C)O. The Labute approximate surface area is 234 Å². The van der Waals surface area contributed by atoms with Crippen LogP contribution in [0.5, 0.6) is 5.75 Å². The van der Waals surface area contributed by atoms with E-state index in [1.807, 2.05) is 39.8 Å². The number of nitrogens with zero attached hydrogens (tertiary/aromatic N) is 1. The number of piperidine rings is 1. The molecular weight excluding hydrogens is 494 g/mol. The van der Waals surface area contributed by atoms with Crippen molar-refractivity contribution in [2.45, 2.75) is 135 Å². The van der Waals surface area contributed by atoms with Crippen molar-refractivity contribution >= 4 is 12.0 Å². The third-order valence-electron chi connectivity index (χ3n) is 8.11. The lowest BCUT2D eigenvalue weighted by Crippen LogP contribution is -2.70. The van der Waals surface area contributed by atoms with Crippen LogP contribution >= 0.6 is 0 Å². The van der Waals surface area contributed by atoms with Gasteiger partial charge < -0.3 is 25.6 Å². The smallest absolute Gasteiger partial charge is 0.412 e. The molecule has 1 aromatic carbocycles. The van der Waals surface area contributed by atoms with E-state index in [2.05, 4.69) is 52.2 Å². The van der Waals surface area contributed by atoms with Gasteiger partial charge in [0.05, 0.1) is 0 Å². The molecule has 2 saturated heterocycles. The number of aromatic hydroxyl groups is 1. The van der Waals surface area contributed by atoms with Gasteiger partial charge in [0.1, 0.15) is 5.75 Å². The molecular formula is C31H51N3O5. The Morgan fingerprint density at radius 3 is 1.95 bits per heavy atom. The highest BCUT2D eigenvalue weighted by molar-refractivity contribution is 5.76. The van der Waals surface area contributed by atoms with Gasteiger partial charge in [0.25, 0.3) is 0 Å². The third-order valence-corrected chi connectivity index (χ3v) is 8.11. The summed E-state index contributed by atoms with van der Waals surface area (Å²) in [6.45, 7) is 22.6. The zero-order chi connectivity index (χ0) is 29.8. The highest BCUT2D eigenvalue weighted by Gasteiger charge is 2.66. The average molecular weight is 546 g/mol. The predicted molar refractivity (Wildman–Crippen MR) is 154 cm³/mol. The van der Waals surface area contributed by atoms with E-state index < -0.39 is 17.4 Å². The Kier molecular flexibility index (Phi) is 7.96. The first-order valence-corrected chi connectivity index (χ1v) is 14.2. The van der Waals surface area contributed by atoms with Crippen LogP contribution in [0.25, 0.3) is 0 Å². The number of aryl methyl sites for hydroxylation is 1. The van der Waals surface area contributed by atoms with E-state index in [1.165, 1.54) is 4.90 Å². The lowest BCUT2D eigenvalue weighted by Gasteiger charge is -2.54. The van der Waals surface area contributed by atoms with Gasteiger partial charge in [-0.05, 0) is 68.6 Å². The molecule has 0 radical (unpaired) electrons. The van der Waals surface area contributed by atoms with Gasteiger partial charge in [0, 0.05) is 43.4 Å². The summed E-state index contributed by atoms with van der Waals surface area (Å²) in [7, 11) is 0. The largest absolute Gasteiger partial charge is 0.507 e. The van der Waals surface area contributed by atoms with E-state index >= 15 is 0 Å². The quantitative estimate of drug-likeness (QED) is 0.406. The van der Waals surface area contributed by atoms with E-state index in [0.29, 0.717) is 25.0 Å². The molecule has 0 aliphatic carbocycles. The molecule has 2 amide bonds. The lowest BCUT2D eigenvalue weighted by molar-refractivity contribution is -0.180. The van der Waals surface area contributed by atoms with Gasteiger partial charge in [0.15, 0.2) is 11.3 Å². The molecule has 2 aliphatic rings. The summed E-state index contributed by atoms with van der Waals surface area (Å²) in [4.78, 5) is 27.0. The summed E-state index contributed by atoms with van der Waals surface area (Å²) in [5, 5.41) is 29.0. The minimum absolute atomic E-state index is 0.135. The summed E-state index contributed by atoms with van der Waals surface area (Å²) in [5.74, 6) is 0.190. The second-order valence-corrected chi connectivity index (χ2v) is 15.2. The number of hydrogen-bond donors (Lipinski definition) is 4. The number of phenolic OH excluding ortho intramolecular Hbond substituents is 1. The molecule has 8 heteroatoms. The fraction of sp³-hybridized carbons (Fsp3) is 0.742. The normalized spacial score (nSPS) is 24.1. The van der Waals surface area contributed by atoms with E-state index in [-0.39, 0.29) is 47.3 Å². The number of ether oxygens (including phenoxy) is 1. The van der Waals surface area contributed by atoms with Crippen LogP contribution in [0.3, 0.4) is 0 Å². The molecule has 0 aromatic heterocycles. The highest BCUT2D eigenvalue weighted by atomic mass is 16.6. The van der Waals surface area contributed by atoms with Crippen LogP contribution in [0, 0.1) is 0 Å². The van der Waals surface area contributed by atoms with Gasteiger partial charge in [-0.25, -0.2) is 4.79 Å². The van der Waals surface area contributed by atoms with Crippen molar-refractivity contribution < 1.29 is 24.5 Å².